The molecule has 2 atom stereocenters. The summed E-state index contributed by atoms with van der Waals surface area (Å²) in [6, 6.07) is 0.300. The Morgan fingerprint density at radius 3 is 2.37 bits per heavy atom. The summed E-state index contributed by atoms with van der Waals surface area (Å²) in [5, 5.41) is 19.7. The average Bonchev–Trinajstić information content (AvgIpc) is 2.29. The molecular weight excluding hydrogens is 300 g/mol. The molecule has 0 aliphatic heterocycles. The minimum atomic E-state index is -1.53. The lowest BCUT2D eigenvalue weighted by Gasteiger charge is -2.17. The van der Waals surface area contributed by atoms with Crippen LogP contribution >= 0.6 is 23.2 Å². The molecular formula is C11H10Cl2FNO4. The number of halogens is 3. The molecule has 1 aromatic carbocycles. The van der Waals surface area contributed by atoms with Crippen LogP contribution in [0.3, 0.4) is 0 Å². The van der Waals surface area contributed by atoms with E-state index >= 15 is 0 Å². The van der Waals surface area contributed by atoms with Gasteiger partial charge in [0, 0.05) is 0 Å². The molecule has 0 fully saturated rings. The number of rotatable bonds is 4. The van der Waals surface area contributed by atoms with Crippen molar-refractivity contribution in [3.05, 3.63) is 33.6 Å². The van der Waals surface area contributed by atoms with Crippen molar-refractivity contribution in [1.29, 1.82) is 0 Å². The predicted octanol–water partition coefficient (Wildman–Crippen LogP) is 1.70. The maximum Gasteiger partial charge on any atom is 0.328 e. The van der Waals surface area contributed by atoms with Crippen molar-refractivity contribution in [1.82, 2.24) is 5.32 Å². The molecule has 1 rings (SSSR count). The molecule has 0 bridgehead atoms. The zero-order valence-electron chi connectivity index (χ0n) is 9.65. The fourth-order valence-electron chi connectivity index (χ4n) is 1.30. The second-order valence-corrected chi connectivity index (χ2v) is 4.59. The van der Waals surface area contributed by atoms with Crippen LogP contribution in [0.5, 0.6) is 0 Å². The lowest BCUT2D eigenvalue weighted by atomic mass is 10.1. The highest BCUT2D eigenvalue weighted by atomic mass is 35.5. The number of carboxylic acids is 1. The third-order valence-corrected chi connectivity index (χ3v) is 2.89. The molecule has 104 valence electrons. The van der Waals surface area contributed by atoms with Gasteiger partial charge in [0.05, 0.1) is 21.7 Å². The Balaban J connectivity index is 3.01. The van der Waals surface area contributed by atoms with E-state index in [2.05, 4.69) is 0 Å². The first-order chi connectivity index (χ1) is 8.73. The quantitative estimate of drug-likeness (QED) is 0.739. The molecule has 0 aromatic heterocycles. The lowest BCUT2D eigenvalue weighted by Crippen LogP contribution is -2.47. The second-order valence-electron chi connectivity index (χ2n) is 3.78. The van der Waals surface area contributed by atoms with Crippen LogP contribution in [0, 0.1) is 5.82 Å². The SMILES string of the molecule is CC(O)C(NC(=O)c1cc(F)c(Cl)cc1Cl)C(=O)O. The van der Waals surface area contributed by atoms with Crippen molar-refractivity contribution in [2.75, 3.05) is 0 Å². The number of benzene rings is 1. The van der Waals surface area contributed by atoms with Gasteiger partial charge in [-0.2, -0.15) is 0 Å². The number of hydrogen-bond acceptors (Lipinski definition) is 3. The maximum atomic E-state index is 13.2. The molecule has 0 aliphatic carbocycles. The molecule has 1 amide bonds. The van der Waals surface area contributed by atoms with Crippen LogP contribution in [0.25, 0.3) is 0 Å². The molecule has 19 heavy (non-hydrogen) atoms. The van der Waals surface area contributed by atoms with E-state index in [0.29, 0.717) is 0 Å². The standard InChI is InChI=1S/C11H10Cl2FNO4/c1-4(16)9(11(18)19)15-10(17)5-2-8(14)7(13)3-6(5)12/h2-4,9,16H,1H3,(H,15,17)(H,18,19). The van der Waals surface area contributed by atoms with Crippen LogP contribution in [0.4, 0.5) is 4.39 Å². The summed E-state index contributed by atoms with van der Waals surface area (Å²) in [4.78, 5) is 22.6. The van der Waals surface area contributed by atoms with E-state index in [1.807, 2.05) is 5.32 Å². The van der Waals surface area contributed by atoms with Gasteiger partial charge >= 0.3 is 5.97 Å². The highest BCUT2D eigenvalue weighted by Crippen LogP contribution is 2.24. The van der Waals surface area contributed by atoms with E-state index in [1.54, 1.807) is 0 Å². The normalized spacial score (nSPS) is 13.7. The lowest BCUT2D eigenvalue weighted by molar-refractivity contribution is -0.141. The average molecular weight is 310 g/mol. The number of aliphatic carboxylic acids is 1. The largest absolute Gasteiger partial charge is 0.480 e. The van der Waals surface area contributed by atoms with Gasteiger partial charge in [-0.1, -0.05) is 23.2 Å². The Morgan fingerprint density at radius 1 is 1.32 bits per heavy atom. The van der Waals surface area contributed by atoms with Crippen molar-refractivity contribution < 1.29 is 24.2 Å². The number of nitrogens with one attached hydrogen (secondary N) is 1. The fraction of sp³-hybridized carbons (Fsp3) is 0.273. The van der Waals surface area contributed by atoms with Gasteiger partial charge in [0.1, 0.15) is 5.82 Å². The van der Waals surface area contributed by atoms with Crippen LogP contribution in [-0.2, 0) is 4.79 Å². The number of aliphatic hydroxyl groups excluding tert-OH is 1. The predicted molar refractivity (Wildman–Crippen MR) is 67.0 cm³/mol. The number of carboxylic acid groups (broad SMARTS) is 1. The van der Waals surface area contributed by atoms with Gasteiger partial charge in [-0.05, 0) is 19.1 Å². The summed E-state index contributed by atoms with van der Waals surface area (Å²) >= 11 is 11.2. The number of carbonyl (C=O) groups excluding carboxylic acids is 1. The van der Waals surface area contributed by atoms with E-state index in [0.717, 1.165) is 12.1 Å². The first kappa shape index (κ1) is 15.7. The van der Waals surface area contributed by atoms with Gasteiger partial charge in [-0.25, -0.2) is 9.18 Å². The smallest absolute Gasteiger partial charge is 0.328 e. The molecule has 0 spiro atoms. The zero-order valence-corrected chi connectivity index (χ0v) is 11.2. The van der Waals surface area contributed by atoms with Crippen LogP contribution < -0.4 is 5.32 Å². The number of amides is 1. The number of carbonyl (C=O) groups is 2. The van der Waals surface area contributed by atoms with Gasteiger partial charge in [0.15, 0.2) is 6.04 Å². The number of aliphatic hydroxyl groups is 1. The molecule has 3 N–H and O–H groups in total. The van der Waals surface area contributed by atoms with E-state index in [1.165, 1.54) is 6.92 Å². The highest BCUT2D eigenvalue weighted by molar-refractivity contribution is 6.36. The first-order valence-electron chi connectivity index (χ1n) is 5.10. The van der Waals surface area contributed by atoms with Crippen molar-refractivity contribution in [3.63, 3.8) is 0 Å². The Morgan fingerprint density at radius 2 is 1.89 bits per heavy atom. The Hall–Kier alpha value is -1.37. The van der Waals surface area contributed by atoms with Crippen molar-refractivity contribution in [2.24, 2.45) is 0 Å². The summed E-state index contributed by atoms with van der Waals surface area (Å²) in [5.41, 5.74) is -0.268. The molecule has 0 aliphatic rings. The van der Waals surface area contributed by atoms with Crippen LogP contribution in [0.1, 0.15) is 17.3 Å². The molecule has 5 nitrogen and oxygen atoms in total. The summed E-state index contributed by atoms with van der Waals surface area (Å²) in [5.74, 6) is -3.21. The summed E-state index contributed by atoms with van der Waals surface area (Å²) in [6.45, 7) is 1.20. The third kappa shape index (κ3) is 3.79. The van der Waals surface area contributed by atoms with Crippen LogP contribution in [0.2, 0.25) is 10.0 Å². The maximum absolute atomic E-state index is 13.2. The zero-order chi connectivity index (χ0) is 14.7. The van der Waals surface area contributed by atoms with Gasteiger partial charge in [-0.3, -0.25) is 4.79 Å². The Labute approximate surface area is 117 Å². The minimum Gasteiger partial charge on any atom is -0.480 e. The van der Waals surface area contributed by atoms with Gasteiger partial charge in [0.25, 0.3) is 5.91 Å². The molecule has 0 saturated heterocycles. The summed E-state index contributed by atoms with van der Waals surface area (Å²) < 4.78 is 13.2. The van der Waals surface area contributed by atoms with Gasteiger partial charge < -0.3 is 15.5 Å². The van der Waals surface area contributed by atoms with Crippen LogP contribution in [0.15, 0.2) is 12.1 Å². The van der Waals surface area contributed by atoms with Gasteiger partial charge in [-0.15, -0.1) is 0 Å². The molecule has 1 aromatic rings. The fourth-order valence-corrected chi connectivity index (χ4v) is 1.77. The molecule has 8 heteroatoms. The third-order valence-electron chi connectivity index (χ3n) is 2.29. The Bertz CT molecular complexity index is 522. The van der Waals surface area contributed by atoms with Crippen molar-refractivity contribution in [3.8, 4) is 0 Å². The molecule has 2 unspecified atom stereocenters. The van der Waals surface area contributed by atoms with E-state index in [9.17, 15) is 19.1 Å². The van der Waals surface area contributed by atoms with Gasteiger partial charge in [0.2, 0.25) is 0 Å². The van der Waals surface area contributed by atoms with E-state index in [4.69, 9.17) is 28.3 Å². The topological polar surface area (TPSA) is 86.6 Å². The summed E-state index contributed by atoms with van der Waals surface area (Å²) in [6.07, 6.45) is -1.32. The Kier molecular flexibility index (Phi) is 5.11. The van der Waals surface area contributed by atoms with Crippen LogP contribution in [-0.4, -0.2) is 34.2 Å². The molecule has 0 radical (unpaired) electrons. The summed E-state index contributed by atoms with van der Waals surface area (Å²) in [7, 11) is 0. The monoisotopic (exact) mass is 309 g/mol. The van der Waals surface area contributed by atoms with E-state index in [-0.39, 0.29) is 15.6 Å². The van der Waals surface area contributed by atoms with Crippen molar-refractivity contribution >= 4 is 35.1 Å². The highest BCUT2D eigenvalue weighted by Gasteiger charge is 2.26. The van der Waals surface area contributed by atoms with Crippen molar-refractivity contribution in [2.45, 2.75) is 19.1 Å². The number of hydrogen-bond donors (Lipinski definition) is 3. The molecule has 0 saturated carbocycles. The second kappa shape index (κ2) is 6.18. The minimum absolute atomic E-state index is 0.126. The van der Waals surface area contributed by atoms with E-state index < -0.39 is 29.8 Å². The first-order valence-corrected chi connectivity index (χ1v) is 5.86. The molecule has 0 heterocycles.